The van der Waals surface area contributed by atoms with E-state index in [9.17, 15) is 18.0 Å². The van der Waals surface area contributed by atoms with Gasteiger partial charge in [-0.1, -0.05) is 12.1 Å². The quantitative estimate of drug-likeness (QED) is 0.369. The maximum Gasteiger partial charge on any atom is 1.00 e. The minimum Gasteiger partial charge on any atom is -1.00 e. The van der Waals surface area contributed by atoms with E-state index < -0.39 is 21.9 Å². The fourth-order valence-corrected chi connectivity index (χ4v) is 2.54. The Bertz CT molecular complexity index is 843. The summed E-state index contributed by atoms with van der Waals surface area (Å²) < 4.78 is 24.6. The number of phenols is 1. The molecule has 0 radical (unpaired) electrons. The van der Waals surface area contributed by atoms with Gasteiger partial charge in [0.05, 0.1) is 4.90 Å². The molecule has 8 nitrogen and oxygen atoms in total. The van der Waals surface area contributed by atoms with Crippen molar-refractivity contribution >= 4 is 27.6 Å². The van der Waals surface area contributed by atoms with E-state index in [-0.39, 0.29) is 47.2 Å². The van der Waals surface area contributed by atoms with Gasteiger partial charge in [0.25, 0.3) is 10.0 Å². The molecule has 0 heterocycles. The van der Waals surface area contributed by atoms with Crippen LogP contribution in [0.1, 0.15) is 18.7 Å². The maximum atomic E-state index is 11.4. The summed E-state index contributed by atoms with van der Waals surface area (Å²) in [4.78, 5) is 20.9. The minimum atomic E-state index is -3.73. The molecular formula is C15H17N2NaO6S. The molecule has 0 aliphatic carbocycles. The second kappa shape index (κ2) is 10.0. The van der Waals surface area contributed by atoms with E-state index in [1.54, 1.807) is 12.1 Å². The molecule has 0 aromatic heterocycles. The number of nitrogens with two attached hydrogens (primary N) is 1. The van der Waals surface area contributed by atoms with Crippen LogP contribution in [0.15, 0.2) is 53.4 Å². The number of nitrogen functional groups attached to an aromatic ring is 1. The summed E-state index contributed by atoms with van der Waals surface area (Å²) in [5.74, 6) is -1.94. The first kappa shape index (κ1) is 22.9. The van der Waals surface area contributed by atoms with Crippen molar-refractivity contribution in [3.63, 3.8) is 0 Å². The van der Waals surface area contributed by atoms with Gasteiger partial charge in [-0.15, -0.1) is 0 Å². The van der Waals surface area contributed by atoms with Gasteiger partial charge in [-0.25, -0.2) is 17.9 Å². The fraction of sp³-hybridized carbons (Fsp3) is 0.0667. The van der Waals surface area contributed by atoms with Crippen molar-refractivity contribution in [1.82, 2.24) is 4.72 Å². The summed E-state index contributed by atoms with van der Waals surface area (Å²) in [5.41, 5.74) is 5.79. The summed E-state index contributed by atoms with van der Waals surface area (Å²) in [6.07, 6.45) is 0. The fourth-order valence-electron chi connectivity index (χ4n) is 1.55. The number of carboxylic acids is 1. The number of hydrogen-bond donors (Lipinski definition) is 4. The Morgan fingerprint density at radius 1 is 1.08 bits per heavy atom. The average Bonchev–Trinajstić information content (AvgIpc) is 2.47. The van der Waals surface area contributed by atoms with Gasteiger partial charge in [0.1, 0.15) is 11.3 Å². The molecule has 0 aliphatic heterocycles. The van der Waals surface area contributed by atoms with Crippen LogP contribution in [0.2, 0.25) is 0 Å². The Labute approximate surface area is 168 Å². The number of hydrogen-bond acceptors (Lipinski definition) is 6. The molecule has 0 fully saturated rings. The van der Waals surface area contributed by atoms with Crippen LogP contribution in [-0.2, 0) is 14.8 Å². The van der Waals surface area contributed by atoms with Gasteiger partial charge in [0, 0.05) is 12.6 Å². The molecule has 25 heavy (non-hydrogen) atoms. The zero-order chi connectivity index (χ0) is 18.3. The van der Waals surface area contributed by atoms with Gasteiger partial charge in [-0.05, 0) is 36.4 Å². The van der Waals surface area contributed by atoms with Crippen molar-refractivity contribution in [2.24, 2.45) is 0 Å². The summed E-state index contributed by atoms with van der Waals surface area (Å²) >= 11 is 0. The number of nitrogens with one attached hydrogen (secondary N) is 1. The number of anilines is 1. The molecule has 0 saturated heterocycles. The Morgan fingerprint density at radius 2 is 1.60 bits per heavy atom. The number of benzene rings is 2. The largest absolute Gasteiger partial charge is 1.00 e. The SMILES string of the molecule is CC(=O)NS(=O)(=O)c1ccc(N)cc1.O=C(O)c1ccccc1O.[H-].[Na+]. The third kappa shape index (κ3) is 7.57. The van der Waals surface area contributed by atoms with Gasteiger partial charge in [-0.2, -0.15) is 0 Å². The number of carboxylic acid groups (broad SMARTS) is 1. The summed E-state index contributed by atoms with van der Waals surface area (Å²) in [5, 5.41) is 17.3. The van der Waals surface area contributed by atoms with Crippen molar-refractivity contribution in [2.45, 2.75) is 11.8 Å². The zero-order valence-electron chi connectivity index (χ0n) is 14.6. The molecule has 5 N–H and O–H groups in total. The zero-order valence-corrected chi connectivity index (χ0v) is 16.4. The number of aromatic carboxylic acids is 1. The first-order valence-corrected chi connectivity index (χ1v) is 8.02. The predicted octanol–water partition coefficient (Wildman–Crippen LogP) is -1.70. The number of carbonyl (C=O) groups is 2. The molecule has 0 spiro atoms. The van der Waals surface area contributed by atoms with Gasteiger partial charge in [0.15, 0.2) is 0 Å². The molecule has 10 heteroatoms. The molecule has 2 aromatic carbocycles. The Kier molecular flexibility index (Phi) is 9.21. The van der Waals surface area contributed by atoms with Crippen LogP contribution in [-0.4, -0.2) is 30.5 Å². The summed E-state index contributed by atoms with van der Waals surface area (Å²) in [6.45, 7) is 1.13. The molecule has 0 atom stereocenters. The Morgan fingerprint density at radius 3 is 2.00 bits per heavy atom. The summed E-state index contributed by atoms with van der Waals surface area (Å²) in [6, 6.07) is 11.4. The second-order valence-corrected chi connectivity index (χ2v) is 6.24. The number of amides is 1. The molecule has 0 saturated carbocycles. The van der Waals surface area contributed by atoms with Crippen molar-refractivity contribution < 1.29 is 59.2 Å². The van der Waals surface area contributed by atoms with Crippen molar-refractivity contribution in [3.05, 3.63) is 54.1 Å². The van der Waals surface area contributed by atoms with Crippen molar-refractivity contribution in [1.29, 1.82) is 0 Å². The van der Waals surface area contributed by atoms with Gasteiger partial charge in [0.2, 0.25) is 5.91 Å². The molecule has 1 amide bonds. The van der Waals surface area contributed by atoms with Crippen molar-refractivity contribution in [2.75, 3.05) is 5.73 Å². The molecule has 2 rings (SSSR count). The van der Waals surface area contributed by atoms with Gasteiger partial charge < -0.3 is 17.4 Å². The van der Waals surface area contributed by atoms with E-state index in [4.69, 9.17) is 15.9 Å². The molecular weight excluding hydrogens is 359 g/mol. The van der Waals surface area contributed by atoms with Crippen LogP contribution in [0.5, 0.6) is 5.75 Å². The van der Waals surface area contributed by atoms with E-state index in [1.165, 1.54) is 36.4 Å². The van der Waals surface area contributed by atoms with Crippen LogP contribution in [0.3, 0.4) is 0 Å². The number of carbonyl (C=O) groups excluding carboxylic acids is 1. The minimum absolute atomic E-state index is 0. The van der Waals surface area contributed by atoms with Gasteiger partial charge in [-0.3, -0.25) is 4.79 Å². The van der Waals surface area contributed by atoms with Crippen LogP contribution in [0.4, 0.5) is 5.69 Å². The second-order valence-electron chi connectivity index (χ2n) is 4.55. The molecule has 0 aliphatic rings. The topological polar surface area (TPSA) is 147 Å². The Hall–Kier alpha value is -2.07. The van der Waals surface area contributed by atoms with Crippen LogP contribution < -0.4 is 40.0 Å². The first-order valence-electron chi connectivity index (χ1n) is 6.53. The van der Waals surface area contributed by atoms with Crippen LogP contribution >= 0.6 is 0 Å². The van der Waals surface area contributed by atoms with E-state index in [1.807, 2.05) is 4.72 Å². The Balaban J connectivity index is 0. The average molecular weight is 376 g/mol. The molecule has 0 unspecified atom stereocenters. The number of para-hydroxylation sites is 1. The van der Waals surface area contributed by atoms with Crippen molar-refractivity contribution in [3.8, 4) is 5.75 Å². The summed E-state index contributed by atoms with van der Waals surface area (Å²) in [7, 11) is -3.73. The normalized spacial score (nSPS) is 9.80. The maximum absolute atomic E-state index is 11.4. The molecule has 2 aromatic rings. The predicted molar refractivity (Wildman–Crippen MR) is 88.0 cm³/mol. The smallest absolute Gasteiger partial charge is 1.00 e. The number of aromatic hydroxyl groups is 1. The third-order valence-electron chi connectivity index (χ3n) is 2.60. The standard InChI is InChI=1S/C8H10N2O3S.C7H6O3.Na.H/c1-6(11)10-14(12,13)8-4-2-7(9)3-5-8;8-6-4-2-1-3-5(6)7(9)10;;/h2-5H,9H2,1H3,(H,10,11);1-4,8H,(H,9,10);;/q;;+1;-1. The number of sulfonamides is 1. The van der Waals surface area contributed by atoms with E-state index in [2.05, 4.69) is 0 Å². The van der Waals surface area contributed by atoms with E-state index in [0.29, 0.717) is 5.69 Å². The third-order valence-corrected chi connectivity index (χ3v) is 4.05. The van der Waals surface area contributed by atoms with Crippen LogP contribution in [0.25, 0.3) is 0 Å². The van der Waals surface area contributed by atoms with E-state index >= 15 is 0 Å². The van der Waals surface area contributed by atoms with E-state index in [0.717, 1.165) is 6.92 Å². The first-order chi connectivity index (χ1) is 11.1. The molecule has 0 bridgehead atoms. The monoisotopic (exact) mass is 376 g/mol. The van der Waals surface area contributed by atoms with Crippen LogP contribution in [0, 0.1) is 0 Å². The van der Waals surface area contributed by atoms with Gasteiger partial charge >= 0.3 is 35.5 Å². The molecule has 130 valence electrons. The number of rotatable bonds is 3.